The number of hydrogen-bond donors (Lipinski definition) is 5. The number of nitrogens with two attached hydrogens (primary N) is 2. The van der Waals surface area contributed by atoms with Crippen LogP contribution in [-0.4, -0.2) is 59.6 Å². The van der Waals surface area contributed by atoms with Crippen molar-refractivity contribution in [2.75, 3.05) is 6.54 Å². The van der Waals surface area contributed by atoms with E-state index in [-0.39, 0.29) is 6.54 Å². The molecule has 0 aromatic heterocycles. The van der Waals surface area contributed by atoms with Crippen molar-refractivity contribution in [3.8, 4) is 0 Å². The Morgan fingerprint density at radius 1 is 1.30 bits per heavy atom. The van der Waals surface area contributed by atoms with Crippen molar-refractivity contribution in [2.24, 2.45) is 11.5 Å². The number of hydrogen-bond acceptors (Lipinski definition) is 6. The normalized spacial score (nSPS) is 23.3. The van der Waals surface area contributed by atoms with Gasteiger partial charge in [0.25, 0.3) is 5.91 Å². The molecule has 20 heavy (non-hydrogen) atoms. The van der Waals surface area contributed by atoms with Gasteiger partial charge in [0, 0.05) is 6.54 Å². The molecule has 1 aliphatic heterocycles. The lowest BCUT2D eigenvalue weighted by atomic mass is 10.2. The van der Waals surface area contributed by atoms with Crippen molar-refractivity contribution >= 4 is 23.7 Å². The van der Waals surface area contributed by atoms with Crippen molar-refractivity contribution in [3.05, 3.63) is 0 Å². The fourth-order valence-electron chi connectivity index (χ4n) is 1.33. The van der Waals surface area contributed by atoms with Crippen LogP contribution in [0.4, 0.5) is 0 Å². The molecule has 1 aliphatic rings. The average Bonchev–Trinajstić information content (AvgIpc) is 3.13. The predicted octanol–water partition coefficient (Wildman–Crippen LogP) is -3.73. The van der Waals surface area contributed by atoms with Crippen LogP contribution in [0.3, 0.4) is 0 Å². The fraction of sp³-hybridized carbons (Fsp3) is 0.600. The first-order valence-electron chi connectivity index (χ1n) is 5.75. The van der Waals surface area contributed by atoms with E-state index in [1.54, 1.807) is 0 Å². The number of primary amides is 1. The number of carbonyl (C=O) groups is 4. The first kappa shape index (κ1) is 15.9. The molecule has 112 valence electrons. The zero-order chi connectivity index (χ0) is 15.4. The van der Waals surface area contributed by atoms with Crippen LogP contribution in [0, 0.1) is 0 Å². The highest BCUT2D eigenvalue weighted by molar-refractivity contribution is 5.94. The Bertz CT molecular complexity index is 437. The first-order chi connectivity index (χ1) is 9.23. The number of carbonyl (C=O) groups excluding carboxylic acids is 3. The minimum absolute atomic E-state index is 0.363. The molecule has 10 nitrogen and oxygen atoms in total. The topological polar surface area (TPSA) is 177 Å². The third-order valence-electron chi connectivity index (χ3n) is 2.54. The summed E-state index contributed by atoms with van der Waals surface area (Å²) in [6.45, 7) is 1.03. The molecule has 7 N–H and O–H groups in total. The number of carboxylic acid groups (broad SMARTS) is 1. The first-order valence-corrected chi connectivity index (χ1v) is 5.75. The summed E-state index contributed by atoms with van der Waals surface area (Å²) in [4.78, 5) is 44.4. The molecule has 0 aromatic rings. The highest BCUT2D eigenvalue weighted by Gasteiger charge is 2.49. The summed E-state index contributed by atoms with van der Waals surface area (Å²) in [6, 6.07) is -2.21. The Morgan fingerprint density at radius 2 is 1.90 bits per heavy atom. The van der Waals surface area contributed by atoms with Crippen molar-refractivity contribution < 1.29 is 29.0 Å². The molecule has 0 bridgehead atoms. The fourth-order valence-corrected chi connectivity index (χ4v) is 1.33. The molecule has 0 aromatic carbocycles. The van der Waals surface area contributed by atoms with Crippen LogP contribution in [0.5, 0.6) is 0 Å². The van der Waals surface area contributed by atoms with E-state index in [9.17, 15) is 19.2 Å². The van der Waals surface area contributed by atoms with Gasteiger partial charge in [0.1, 0.15) is 6.04 Å². The molecule has 10 heteroatoms. The number of carboxylic acids is 1. The smallest absolute Gasteiger partial charge is 0.328 e. The second kappa shape index (κ2) is 6.30. The summed E-state index contributed by atoms with van der Waals surface area (Å²) in [5.74, 6) is -3.44. The monoisotopic (exact) mass is 288 g/mol. The number of epoxide rings is 1. The SMILES string of the molecule is C[C@H](N)C(=O)N[C@@H](CNC(=O)[C@H]1O[C@@H]1C(N)=O)C(=O)O. The van der Waals surface area contributed by atoms with Crippen LogP contribution in [0.15, 0.2) is 0 Å². The van der Waals surface area contributed by atoms with Crippen LogP contribution < -0.4 is 22.1 Å². The van der Waals surface area contributed by atoms with E-state index < -0.39 is 48.0 Å². The quantitative estimate of drug-likeness (QED) is 0.299. The van der Waals surface area contributed by atoms with E-state index in [4.69, 9.17) is 21.3 Å². The standard InChI is InChI=1S/C10H16N4O6/c1-3(11)8(16)14-4(10(18)19)2-13-9(17)6-5(20-6)7(12)15/h3-6H,2,11H2,1H3,(H2,12,15)(H,13,17)(H,14,16)(H,18,19)/t3-,4-,5-,6-/m0/s1. The van der Waals surface area contributed by atoms with E-state index in [2.05, 4.69) is 10.6 Å². The maximum Gasteiger partial charge on any atom is 0.328 e. The van der Waals surface area contributed by atoms with Gasteiger partial charge < -0.3 is 31.9 Å². The molecule has 3 amide bonds. The van der Waals surface area contributed by atoms with E-state index in [1.165, 1.54) is 6.92 Å². The van der Waals surface area contributed by atoms with E-state index in [1.807, 2.05) is 0 Å². The van der Waals surface area contributed by atoms with E-state index >= 15 is 0 Å². The van der Waals surface area contributed by atoms with Gasteiger partial charge in [-0.1, -0.05) is 0 Å². The second-order valence-electron chi connectivity index (χ2n) is 4.31. The van der Waals surface area contributed by atoms with Gasteiger partial charge in [0.05, 0.1) is 6.04 Å². The van der Waals surface area contributed by atoms with Gasteiger partial charge in [0.15, 0.2) is 12.2 Å². The summed E-state index contributed by atoms with van der Waals surface area (Å²) in [6.07, 6.45) is -2.00. The van der Waals surface area contributed by atoms with Gasteiger partial charge in [-0.05, 0) is 6.92 Å². The zero-order valence-electron chi connectivity index (χ0n) is 10.7. The summed E-state index contributed by atoms with van der Waals surface area (Å²) in [7, 11) is 0. The van der Waals surface area contributed by atoms with E-state index in [0.717, 1.165) is 0 Å². The largest absolute Gasteiger partial charge is 0.480 e. The molecule has 1 saturated heterocycles. The van der Waals surface area contributed by atoms with Crippen molar-refractivity contribution in [3.63, 3.8) is 0 Å². The number of nitrogens with one attached hydrogen (secondary N) is 2. The summed E-state index contributed by atoms with van der Waals surface area (Å²) in [5, 5.41) is 13.3. The molecule has 1 rings (SSSR count). The van der Waals surface area contributed by atoms with Gasteiger partial charge in [-0.2, -0.15) is 0 Å². The van der Waals surface area contributed by atoms with Crippen molar-refractivity contribution in [1.29, 1.82) is 0 Å². The highest BCUT2D eigenvalue weighted by atomic mass is 16.6. The lowest BCUT2D eigenvalue weighted by Gasteiger charge is -2.16. The molecule has 0 unspecified atom stereocenters. The number of amides is 3. The molecule has 0 aliphatic carbocycles. The maximum absolute atomic E-state index is 11.5. The maximum atomic E-state index is 11.5. The van der Waals surface area contributed by atoms with Gasteiger partial charge in [0.2, 0.25) is 11.8 Å². The van der Waals surface area contributed by atoms with Crippen LogP contribution in [0.2, 0.25) is 0 Å². The molecule has 4 atom stereocenters. The van der Waals surface area contributed by atoms with Crippen LogP contribution in [-0.2, 0) is 23.9 Å². The number of ether oxygens (including phenoxy) is 1. The Kier molecular flexibility index (Phi) is 5.00. The van der Waals surface area contributed by atoms with Crippen LogP contribution >= 0.6 is 0 Å². The minimum atomic E-state index is -1.33. The van der Waals surface area contributed by atoms with Gasteiger partial charge in [-0.15, -0.1) is 0 Å². The lowest BCUT2D eigenvalue weighted by molar-refractivity contribution is -0.142. The third-order valence-corrected chi connectivity index (χ3v) is 2.54. The molecule has 0 radical (unpaired) electrons. The Balaban J connectivity index is 2.44. The Morgan fingerprint density at radius 3 is 2.30 bits per heavy atom. The van der Waals surface area contributed by atoms with Crippen LogP contribution in [0.1, 0.15) is 6.92 Å². The molecule has 0 spiro atoms. The van der Waals surface area contributed by atoms with Gasteiger partial charge in [-0.25, -0.2) is 4.79 Å². The summed E-state index contributed by atoms with van der Waals surface area (Å²) >= 11 is 0. The highest BCUT2D eigenvalue weighted by Crippen LogP contribution is 2.21. The molecule has 0 saturated carbocycles. The Hall–Kier alpha value is -2.20. The number of aliphatic carboxylic acids is 1. The van der Waals surface area contributed by atoms with Gasteiger partial charge in [-0.3, -0.25) is 14.4 Å². The van der Waals surface area contributed by atoms with Crippen LogP contribution in [0.25, 0.3) is 0 Å². The molecular formula is C10H16N4O6. The van der Waals surface area contributed by atoms with Crippen molar-refractivity contribution in [2.45, 2.75) is 31.2 Å². The zero-order valence-corrected chi connectivity index (χ0v) is 10.7. The molecular weight excluding hydrogens is 272 g/mol. The second-order valence-corrected chi connectivity index (χ2v) is 4.31. The summed E-state index contributed by atoms with van der Waals surface area (Å²) in [5.41, 5.74) is 10.2. The Labute approximate surface area is 113 Å². The number of rotatable bonds is 7. The lowest BCUT2D eigenvalue weighted by Crippen LogP contribution is -2.52. The predicted molar refractivity (Wildman–Crippen MR) is 64.1 cm³/mol. The molecule has 1 heterocycles. The van der Waals surface area contributed by atoms with Gasteiger partial charge >= 0.3 is 5.97 Å². The summed E-state index contributed by atoms with van der Waals surface area (Å²) < 4.78 is 4.71. The third kappa shape index (κ3) is 4.17. The molecule has 1 fully saturated rings. The van der Waals surface area contributed by atoms with E-state index in [0.29, 0.717) is 0 Å². The average molecular weight is 288 g/mol. The minimum Gasteiger partial charge on any atom is -0.480 e. The van der Waals surface area contributed by atoms with Crippen molar-refractivity contribution in [1.82, 2.24) is 10.6 Å².